The average molecular weight is 432 g/mol. The van der Waals surface area contributed by atoms with E-state index in [9.17, 15) is 9.59 Å². The van der Waals surface area contributed by atoms with Gasteiger partial charge in [0.1, 0.15) is 5.75 Å². The van der Waals surface area contributed by atoms with Gasteiger partial charge in [0.2, 0.25) is 5.91 Å². The van der Waals surface area contributed by atoms with Crippen molar-refractivity contribution in [1.29, 1.82) is 0 Å². The summed E-state index contributed by atoms with van der Waals surface area (Å²) in [6, 6.07) is 12.4. The molecule has 0 bridgehead atoms. The number of halogens is 1. The summed E-state index contributed by atoms with van der Waals surface area (Å²) in [6.07, 6.45) is 3.42. The van der Waals surface area contributed by atoms with Crippen LogP contribution in [0.4, 0.5) is 11.4 Å². The van der Waals surface area contributed by atoms with Gasteiger partial charge in [0.25, 0.3) is 5.91 Å². The summed E-state index contributed by atoms with van der Waals surface area (Å²) in [6.45, 7) is 1.73. The van der Waals surface area contributed by atoms with Crippen LogP contribution in [0.2, 0.25) is 0 Å². The molecule has 1 saturated heterocycles. The maximum Gasteiger partial charge on any atom is 0.262 e. The van der Waals surface area contributed by atoms with Gasteiger partial charge in [-0.3, -0.25) is 9.59 Å². The molecule has 2 aromatic rings. The van der Waals surface area contributed by atoms with E-state index >= 15 is 0 Å². The van der Waals surface area contributed by atoms with E-state index in [-0.39, 0.29) is 12.5 Å². The molecule has 6 nitrogen and oxygen atoms in total. The zero-order valence-corrected chi connectivity index (χ0v) is 16.5. The van der Waals surface area contributed by atoms with Gasteiger partial charge >= 0.3 is 0 Å². The molecule has 1 fully saturated rings. The summed E-state index contributed by atoms with van der Waals surface area (Å²) in [5.74, 6) is -0.213. The molecule has 27 heavy (non-hydrogen) atoms. The predicted octanol–water partition coefficient (Wildman–Crippen LogP) is 3.56. The number of carbonyl (C=O) groups is 2. The monoisotopic (exact) mass is 431 g/mol. The van der Waals surface area contributed by atoms with Crippen molar-refractivity contribution in [3.63, 3.8) is 0 Å². The summed E-state index contributed by atoms with van der Waals surface area (Å²) >= 11 is 3.36. The fourth-order valence-corrected chi connectivity index (χ4v) is 3.33. The van der Waals surface area contributed by atoms with Crippen LogP contribution in [0.15, 0.2) is 46.9 Å². The first-order valence-corrected chi connectivity index (χ1v) is 9.69. The third-order valence-electron chi connectivity index (χ3n) is 4.44. The van der Waals surface area contributed by atoms with Crippen LogP contribution in [0.1, 0.15) is 29.6 Å². The molecular weight excluding hydrogens is 410 g/mol. The topological polar surface area (TPSA) is 84.7 Å². The SMILES string of the molecule is NC(=O)c1ccc(N2CCCCC2)c(NC(=O)COc2ccc(Br)cc2)c1. The lowest BCUT2D eigenvalue weighted by atomic mass is 10.1. The number of benzene rings is 2. The number of nitrogens with zero attached hydrogens (tertiary/aromatic N) is 1. The molecule has 0 aromatic heterocycles. The summed E-state index contributed by atoms with van der Waals surface area (Å²) in [7, 11) is 0. The molecule has 3 N–H and O–H groups in total. The minimum atomic E-state index is -0.526. The number of primary amides is 1. The van der Waals surface area contributed by atoms with E-state index in [2.05, 4.69) is 26.1 Å². The summed E-state index contributed by atoms with van der Waals surface area (Å²) in [5, 5.41) is 2.86. The lowest BCUT2D eigenvalue weighted by molar-refractivity contribution is -0.118. The predicted molar refractivity (Wildman–Crippen MR) is 109 cm³/mol. The van der Waals surface area contributed by atoms with Crippen molar-refractivity contribution in [3.05, 3.63) is 52.5 Å². The maximum absolute atomic E-state index is 12.4. The smallest absolute Gasteiger partial charge is 0.262 e. The van der Waals surface area contributed by atoms with E-state index in [1.165, 1.54) is 6.42 Å². The van der Waals surface area contributed by atoms with Crippen molar-refractivity contribution in [2.45, 2.75) is 19.3 Å². The molecule has 7 heteroatoms. The minimum absolute atomic E-state index is 0.123. The Balaban J connectivity index is 1.72. The lowest BCUT2D eigenvalue weighted by Crippen LogP contribution is -2.31. The number of ether oxygens (including phenoxy) is 1. The van der Waals surface area contributed by atoms with Gasteiger partial charge in [-0.15, -0.1) is 0 Å². The number of nitrogens with two attached hydrogens (primary N) is 1. The molecular formula is C20H22BrN3O3. The highest BCUT2D eigenvalue weighted by atomic mass is 79.9. The maximum atomic E-state index is 12.4. The highest BCUT2D eigenvalue weighted by Gasteiger charge is 2.17. The Hall–Kier alpha value is -2.54. The van der Waals surface area contributed by atoms with Crippen LogP contribution in [0, 0.1) is 0 Å². The van der Waals surface area contributed by atoms with Crippen molar-refractivity contribution in [2.75, 3.05) is 29.9 Å². The highest BCUT2D eigenvalue weighted by molar-refractivity contribution is 9.10. The van der Waals surface area contributed by atoms with Crippen molar-refractivity contribution in [3.8, 4) is 5.75 Å². The van der Waals surface area contributed by atoms with Gasteiger partial charge in [0.15, 0.2) is 6.61 Å². The quantitative estimate of drug-likeness (QED) is 0.731. The third-order valence-corrected chi connectivity index (χ3v) is 4.96. The molecule has 2 amide bonds. The molecule has 2 aromatic carbocycles. The number of rotatable bonds is 6. The van der Waals surface area contributed by atoms with E-state index in [1.54, 1.807) is 24.3 Å². The Morgan fingerprint density at radius 2 is 1.78 bits per heavy atom. The van der Waals surface area contributed by atoms with Crippen molar-refractivity contribution in [2.24, 2.45) is 5.73 Å². The van der Waals surface area contributed by atoms with Crippen LogP contribution in [0.5, 0.6) is 5.75 Å². The number of hydrogen-bond acceptors (Lipinski definition) is 4. The molecule has 0 saturated carbocycles. The van der Waals surface area contributed by atoms with Crippen molar-refractivity contribution < 1.29 is 14.3 Å². The normalized spacial score (nSPS) is 13.9. The zero-order chi connectivity index (χ0) is 19.2. The second-order valence-electron chi connectivity index (χ2n) is 6.43. The van der Waals surface area contributed by atoms with Crippen LogP contribution >= 0.6 is 15.9 Å². The molecule has 0 aliphatic carbocycles. The third kappa shape index (κ3) is 5.23. The summed E-state index contributed by atoms with van der Waals surface area (Å²) in [4.78, 5) is 26.1. The Morgan fingerprint density at radius 1 is 1.07 bits per heavy atom. The van der Waals surface area contributed by atoms with Gasteiger partial charge < -0.3 is 20.7 Å². The van der Waals surface area contributed by atoms with E-state index in [1.807, 2.05) is 18.2 Å². The molecule has 0 radical (unpaired) electrons. The van der Waals surface area contributed by atoms with Gasteiger partial charge in [-0.05, 0) is 61.7 Å². The second-order valence-corrected chi connectivity index (χ2v) is 7.35. The Kier molecular flexibility index (Phi) is 6.34. The van der Waals surface area contributed by atoms with E-state index in [4.69, 9.17) is 10.5 Å². The van der Waals surface area contributed by atoms with Crippen molar-refractivity contribution in [1.82, 2.24) is 0 Å². The second kappa shape index (κ2) is 8.90. The molecule has 3 rings (SSSR count). The first-order chi connectivity index (χ1) is 13.0. The molecule has 1 aliphatic heterocycles. The number of anilines is 2. The Morgan fingerprint density at radius 3 is 2.44 bits per heavy atom. The molecule has 1 aliphatic rings. The van der Waals surface area contributed by atoms with Gasteiger partial charge in [0, 0.05) is 23.1 Å². The molecule has 142 valence electrons. The molecule has 0 spiro atoms. The lowest BCUT2D eigenvalue weighted by Gasteiger charge is -2.30. The Bertz CT molecular complexity index is 818. The number of hydrogen-bond donors (Lipinski definition) is 2. The number of nitrogens with one attached hydrogen (secondary N) is 1. The number of amides is 2. The van der Waals surface area contributed by atoms with E-state index < -0.39 is 5.91 Å². The van der Waals surface area contributed by atoms with Crippen LogP contribution < -0.4 is 20.7 Å². The van der Waals surface area contributed by atoms with Crippen LogP contribution in [0.3, 0.4) is 0 Å². The summed E-state index contributed by atoms with van der Waals surface area (Å²) < 4.78 is 6.46. The van der Waals surface area contributed by atoms with Gasteiger partial charge in [-0.1, -0.05) is 15.9 Å². The first kappa shape index (κ1) is 19.2. The van der Waals surface area contributed by atoms with Crippen LogP contribution in [-0.2, 0) is 4.79 Å². The van der Waals surface area contributed by atoms with Crippen LogP contribution in [0.25, 0.3) is 0 Å². The number of piperidine rings is 1. The number of carbonyl (C=O) groups excluding carboxylic acids is 2. The first-order valence-electron chi connectivity index (χ1n) is 8.90. The molecule has 0 unspecified atom stereocenters. The van der Waals surface area contributed by atoms with Gasteiger partial charge in [-0.25, -0.2) is 0 Å². The minimum Gasteiger partial charge on any atom is -0.484 e. The van der Waals surface area contributed by atoms with Crippen molar-refractivity contribution >= 4 is 39.1 Å². The standard InChI is InChI=1S/C20H22BrN3O3/c21-15-5-7-16(8-6-15)27-13-19(25)23-17-12-14(20(22)26)4-9-18(17)24-10-2-1-3-11-24/h4-9,12H,1-3,10-11,13H2,(H2,22,26)(H,23,25). The average Bonchev–Trinajstić information content (AvgIpc) is 2.68. The Labute approximate surface area is 166 Å². The van der Waals surface area contributed by atoms with E-state index in [0.29, 0.717) is 17.0 Å². The van der Waals surface area contributed by atoms with Gasteiger partial charge in [0.05, 0.1) is 11.4 Å². The largest absolute Gasteiger partial charge is 0.484 e. The van der Waals surface area contributed by atoms with Crippen LogP contribution in [-0.4, -0.2) is 31.5 Å². The van der Waals surface area contributed by atoms with Gasteiger partial charge in [-0.2, -0.15) is 0 Å². The molecule has 0 atom stereocenters. The fourth-order valence-electron chi connectivity index (χ4n) is 3.07. The molecule has 1 heterocycles. The highest BCUT2D eigenvalue weighted by Crippen LogP contribution is 2.29. The zero-order valence-electron chi connectivity index (χ0n) is 14.9. The summed E-state index contributed by atoms with van der Waals surface area (Å²) in [5.41, 5.74) is 7.24. The fraction of sp³-hybridized carbons (Fsp3) is 0.300. The van der Waals surface area contributed by atoms with E-state index in [0.717, 1.165) is 36.1 Å².